The van der Waals surface area contributed by atoms with Crippen molar-refractivity contribution in [3.8, 4) is 11.3 Å². The highest BCUT2D eigenvalue weighted by atomic mass is 32.1. The van der Waals surface area contributed by atoms with Crippen molar-refractivity contribution in [2.75, 3.05) is 5.43 Å². The van der Waals surface area contributed by atoms with Gasteiger partial charge in [0, 0.05) is 16.7 Å². The molecule has 3 nitrogen and oxygen atoms in total. The van der Waals surface area contributed by atoms with Gasteiger partial charge in [0.05, 0.1) is 5.69 Å². The molecule has 1 aromatic carbocycles. The van der Waals surface area contributed by atoms with E-state index in [1.807, 2.05) is 6.92 Å². The van der Waals surface area contributed by atoms with Gasteiger partial charge < -0.3 is 0 Å². The molecule has 0 saturated carbocycles. The molecule has 0 spiro atoms. The lowest BCUT2D eigenvalue weighted by molar-refractivity contribution is 0.983. The monoisotopic (exact) mass is 273 g/mol. The Morgan fingerprint density at radius 3 is 2.74 bits per heavy atom. The number of anilines is 1. The molecule has 1 N–H and O–H groups in total. The van der Waals surface area contributed by atoms with Gasteiger partial charge in [-0.05, 0) is 20.3 Å². The molecule has 19 heavy (non-hydrogen) atoms. The van der Waals surface area contributed by atoms with Gasteiger partial charge in [-0.25, -0.2) is 4.98 Å². The molecule has 0 bridgehead atoms. The lowest BCUT2D eigenvalue weighted by atomic mass is 10.1. The Kier molecular flexibility index (Phi) is 4.68. The fourth-order valence-corrected chi connectivity index (χ4v) is 2.40. The average Bonchev–Trinajstić information content (AvgIpc) is 2.86. The number of benzene rings is 1. The number of thiazole rings is 1. The van der Waals surface area contributed by atoms with Crippen molar-refractivity contribution >= 4 is 22.2 Å². The van der Waals surface area contributed by atoms with Crippen LogP contribution in [0.5, 0.6) is 0 Å². The Labute approximate surface area is 118 Å². The molecule has 4 heteroatoms. The van der Waals surface area contributed by atoms with Crippen molar-refractivity contribution in [2.45, 2.75) is 33.6 Å². The first-order valence-corrected chi connectivity index (χ1v) is 7.38. The number of nitrogens with one attached hydrogen (secondary N) is 1. The summed E-state index contributed by atoms with van der Waals surface area (Å²) in [4.78, 5) is 4.54. The molecule has 0 saturated heterocycles. The lowest BCUT2D eigenvalue weighted by Crippen LogP contribution is -1.96. The van der Waals surface area contributed by atoms with Crippen LogP contribution < -0.4 is 5.43 Å². The lowest BCUT2D eigenvalue weighted by Gasteiger charge is -1.99. The summed E-state index contributed by atoms with van der Waals surface area (Å²) in [5, 5.41) is 7.21. The second-order valence-corrected chi connectivity index (χ2v) is 5.47. The Morgan fingerprint density at radius 1 is 1.32 bits per heavy atom. The van der Waals surface area contributed by atoms with Crippen LogP contribution in [0.25, 0.3) is 11.3 Å². The molecule has 0 aliphatic carbocycles. The third-order valence-electron chi connectivity index (χ3n) is 2.81. The number of aryl methyl sites for hydroxylation is 1. The number of hydrazone groups is 1. The van der Waals surface area contributed by atoms with E-state index in [-0.39, 0.29) is 0 Å². The van der Waals surface area contributed by atoms with E-state index in [0.717, 1.165) is 34.9 Å². The van der Waals surface area contributed by atoms with Crippen LogP contribution in [0.3, 0.4) is 0 Å². The molecule has 1 heterocycles. The summed E-state index contributed by atoms with van der Waals surface area (Å²) in [5.74, 6) is 0. The van der Waals surface area contributed by atoms with Gasteiger partial charge in [0.2, 0.25) is 5.13 Å². The maximum atomic E-state index is 4.54. The fraction of sp³-hybridized carbons (Fsp3) is 0.333. The molecule has 2 aromatic rings. The van der Waals surface area contributed by atoms with Crippen molar-refractivity contribution in [2.24, 2.45) is 5.10 Å². The summed E-state index contributed by atoms with van der Waals surface area (Å²) in [6, 6.07) is 8.40. The fourth-order valence-electron chi connectivity index (χ4n) is 1.74. The van der Waals surface area contributed by atoms with Crippen LogP contribution in [0.4, 0.5) is 5.13 Å². The predicted octanol–water partition coefficient (Wildman–Crippen LogP) is 4.71. The smallest absolute Gasteiger partial charge is 0.203 e. The summed E-state index contributed by atoms with van der Waals surface area (Å²) >= 11 is 1.58. The van der Waals surface area contributed by atoms with Crippen molar-refractivity contribution in [1.29, 1.82) is 0 Å². The maximum Gasteiger partial charge on any atom is 0.203 e. The minimum atomic E-state index is 0.839. The van der Waals surface area contributed by atoms with Crippen LogP contribution in [0.1, 0.15) is 32.3 Å². The zero-order valence-corrected chi connectivity index (χ0v) is 12.4. The summed E-state index contributed by atoms with van der Waals surface area (Å²) in [6.45, 7) is 6.27. The largest absolute Gasteiger partial charge is 0.253 e. The van der Waals surface area contributed by atoms with Crippen LogP contribution in [0.2, 0.25) is 0 Å². The maximum absolute atomic E-state index is 4.54. The van der Waals surface area contributed by atoms with Crippen molar-refractivity contribution < 1.29 is 0 Å². The van der Waals surface area contributed by atoms with Gasteiger partial charge in [-0.1, -0.05) is 43.2 Å². The normalized spacial score (nSPS) is 11.6. The van der Waals surface area contributed by atoms with Crippen LogP contribution >= 0.6 is 11.3 Å². The zero-order chi connectivity index (χ0) is 13.7. The number of hydrogen-bond acceptors (Lipinski definition) is 4. The second kappa shape index (κ2) is 6.48. The Bertz CT molecular complexity index is 555. The molecular formula is C15H19N3S. The Balaban J connectivity index is 2.07. The first-order chi connectivity index (χ1) is 9.19. The van der Waals surface area contributed by atoms with Gasteiger partial charge in [0.15, 0.2) is 0 Å². The highest BCUT2D eigenvalue weighted by Gasteiger charge is 2.03. The summed E-state index contributed by atoms with van der Waals surface area (Å²) < 4.78 is 0. The van der Waals surface area contributed by atoms with Crippen LogP contribution in [0, 0.1) is 6.92 Å². The number of rotatable bonds is 5. The number of hydrogen-bond donors (Lipinski definition) is 1. The SMILES string of the molecule is CCC/C(C)=N\Nc1nc(-c2ccc(C)cc2)cs1. The van der Waals surface area contributed by atoms with Gasteiger partial charge in [0.25, 0.3) is 0 Å². The molecule has 2 rings (SSSR count). The third kappa shape index (κ3) is 3.89. The number of nitrogens with zero attached hydrogens (tertiary/aromatic N) is 2. The Morgan fingerprint density at radius 2 is 2.05 bits per heavy atom. The predicted molar refractivity (Wildman–Crippen MR) is 83.9 cm³/mol. The summed E-state index contributed by atoms with van der Waals surface area (Å²) in [6.07, 6.45) is 2.13. The van der Waals surface area contributed by atoms with Gasteiger partial charge in [0.1, 0.15) is 0 Å². The van der Waals surface area contributed by atoms with E-state index in [9.17, 15) is 0 Å². The molecule has 0 unspecified atom stereocenters. The molecule has 0 amide bonds. The summed E-state index contributed by atoms with van der Waals surface area (Å²) in [7, 11) is 0. The Hall–Kier alpha value is -1.68. The molecule has 0 fully saturated rings. The molecular weight excluding hydrogens is 254 g/mol. The molecule has 0 aliphatic rings. The van der Waals surface area contributed by atoms with E-state index in [1.54, 1.807) is 11.3 Å². The van der Waals surface area contributed by atoms with E-state index in [2.05, 4.69) is 59.0 Å². The second-order valence-electron chi connectivity index (χ2n) is 4.61. The standard InChI is InChI=1S/C15H19N3S/c1-4-5-12(3)17-18-15-16-14(10-19-15)13-8-6-11(2)7-9-13/h6-10H,4-5H2,1-3H3,(H,16,18)/b17-12-. The van der Waals surface area contributed by atoms with Crippen molar-refractivity contribution in [3.05, 3.63) is 35.2 Å². The van der Waals surface area contributed by atoms with E-state index >= 15 is 0 Å². The van der Waals surface area contributed by atoms with Crippen LogP contribution in [0.15, 0.2) is 34.7 Å². The van der Waals surface area contributed by atoms with Gasteiger partial charge in [-0.3, -0.25) is 5.43 Å². The van der Waals surface area contributed by atoms with E-state index in [4.69, 9.17) is 0 Å². The minimum Gasteiger partial charge on any atom is -0.253 e. The van der Waals surface area contributed by atoms with Gasteiger partial charge in [-0.15, -0.1) is 11.3 Å². The third-order valence-corrected chi connectivity index (χ3v) is 3.55. The van der Waals surface area contributed by atoms with Crippen LogP contribution in [-0.4, -0.2) is 10.7 Å². The van der Waals surface area contributed by atoms with E-state index in [1.165, 1.54) is 5.56 Å². The van der Waals surface area contributed by atoms with E-state index < -0.39 is 0 Å². The molecule has 100 valence electrons. The van der Waals surface area contributed by atoms with Crippen molar-refractivity contribution in [3.63, 3.8) is 0 Å². The highest BCUT2D eigenvalue weighted by Crippen LogP contribution is 2.25. The zero-order valence-electron chi connectivity index (χ0n) is 11.6. The van der Waals surface area contributed by atoms with Gasteiger partial charge >= 0.3 is 0 Å². The van der Waals surface area contributed by atoms with Crippen molar-refractivity contribution in [1.82, 2.24) is 4.98 Å². The van der Waals surface area contributed by atoms with E-state index in [0.29, 0.717) is 0 Å². The highest BCUT2D eigenvalue weighted by molar-refractivity contribution is 7.14. The number of aromatic nitrogens is 1. The molecule has 0 atom stereocenters. The average molecular weight is 273 g/mol. The quantitative estimate of drug-likeness (QED) is 0.633. The molecule has 0 radical (unpaired) electrons. The summed E-state index contributed by atoms with van der Waals surface area (Å²) in [5.41, 5.74) is 7.53. The first kappa shape index (κ1) is 13.7. The van der Waals surface area contributed by atoms with Gasteiger partial charge in [-0.2, -0.15) is 5.10 Å². The minimum absolute atomic E-state index is 0.839. The van der Waals surface area contributed by atoms with Crippen LogP contribution in [-0.2, 0) is 0 Å². The molecule has 1 aromatic heterocycles. The first-order valence-electron chi connectivity index (χ1n) is 6.50. The molecule has 0 aliphatic heterocycles. The topological polar surface area (TPSA) is 37.3 Å².